The van der Waals surface area contributed by atoms with Crippen LogP contribution < -0.4 is 0 Å². The van der Waals surface area contributed by atoms with E-state index in [0.717, 1.165) is 25.8 Å². The molecule has 6 nitrogen and oxygen atoms in total. The average molecular weight is 334 g/mol. The molecule has 0 bridgehead atoms. The first-order chi connectivity index (χ1) is 10.4. The lowest BCUT2D eigenvalue weighted by molar-refractivity contribution is -0.144. The summed E-state index contributed by atoms with van der Waals surface area (Å²) >= 11 is 0. The predicted octanol–water partition coefficient (Wildman–Crippen LogP) is 1.32. The molecule has 0 aromatic rings. The fraction of sp³-hybridized carbons (Fsp3) is 0.933. The number of hydrogen-bond donors (Lipinski definition) is 0. The van der Waals surface area contributed by atoms with Gasteiger partial charge in [0.15, 0.2) is 0 Å². The Bertz CT molecular complexity index is 439. The second-order valence-corrected chi connectivity index (χ2v) is 8.02. The summed E-state index contributed by atoms with van der Waals surface area (Å²) in [4.78, 5) is 13.5. The summed E-state index contributed by atoms with van der Waals surface area (Å²) in [6.45, 7) is 8.79. The molecule has 0 spiro atoms. The van der Waals surface area contributed by atoms with Gasteiger partial charge in [0.05, 0.1) is 18.9 Å². The van der Waals surface area contributed by atoms with Gasteiger partial charge in [-0.1, -0.05) is 20.3 Å². The van der Waals surface area contributed by atoms with Gasteiger partial charge in [0.2, 0.25) is 10.0 Å². The minimum absolute atomic E-state index is 0.189. The zero-order chi connectivity index (χ0) is 16.6. The van der Waals surface area contributed by atoms with E-state index in [1.165, 1.54) is 0 Å². The average Bonchev–Trinajstić information content (AvgIpc) is 2.64. The summed E-state index contributed by atoms with van der Waals surface area (Å²) in [6, 6.07) is 0. The Morgan fingerprint density at radius 2 is 1.91 bits per heavy atom. The van der Waals surface area contributed by atoms with Crippen molar-refractivity contribution in [3.05, 3.63) is 0 Å². The molecule has 0 aromatic carbocycles. The van der Waals surface area contributed by atoms with E-state index in [4.69, 9.17) is 4.74 Å². The van der Waals surface area contributed by atoms with Crippen molar-refractivity contribution in [3.8, 4) is 0 Å². The summed E-state index contributed by atoms with van der Waals surface area (Å²) in [5, 5.41) is 0. The van der Waals surface area contributed by atoms with E-state index in [1.54, 1.807) is 11.2 Å². The summed E-state index contributed by atoms with van der Waals surface area (Å²) in [7, 11) is -3.20. The van der Waals surface area contributed by atoms with Crippen LogP contribution >= 0.6 is 0 Å². The lowest BCUT2D eigenvalue weighted by Crippen LogP contribution is -2.39. The van der Waals surface area contributed by atoms with Crippen LogP contribution in [0.2, 0.25) is 0 Å². The number of esters is 1. The monoisotopic (exact) mass is 334 g/mol. The molecule has 1 unspecified atom stereocenters. The molecule has 22 heavy (non-hydrogen) atoms. The summed E-state index contributed by atoms with van der Waals surface area (Å²) in [5.74, 6) is 0.169. The quantitative estimate of drug-likeness (QED) is 0.626. The molecular formula is C15H30N2O4S. The highest BCUT2D eigenvalue weighted by Crippen LogP contribution is 2.14. The van der Waals surface area contributed by atoms with Crippen LogP contribution in [0.3, 0.4) is 0 Å². The second kappa shape index (κ2) is 9.47. The fourth-order valence-electron chi connectivity index (χ4n) is 2.81. The van der Waals surface area contributed by atoms with Crippen molar-refractivity contribution in [2.75, 3.05) is 45.1 Å². The van der Waals surface area contributed by atoms with Crippen LogP contribution in [-0.4, -0.2) is 68.7 Å². The van der Waals surface area contributed by atoms with E-state index in [-0.39, 0.29) is 24.2 Å². The molecule has 0 aromatic heterocycles. The maximum Gasteiger partial charge on any atom is 0.320 e. The maximum atomic E-state index is 12.5. The summed E-state index contributed by atoms with van der Waals surface area (Å²) in [6.07, 6.45) is 2.69. The van der Waals surface area contributed by atoms with Gasteiger partial charge in [-0.25, -0.2) is 12.7 Å². The van der Waals surface area contributed by atoms with E-state index in [1.807, 2.05) is 11.8 Å². The molecule has 0 amide bonds. The highest BCUT2D eigenvalue weighted by Gasteiger charge is 2.27. The first-order valence-corrected chi connectivity index (χ1v) is 9.85. The molecule has 0 radical (unpaired) electrons. The van der Waals surface area contributed by atoms with Crippen molar-refractivity contribution < 1.29 is 17.9 Å². The SMILES string of the molecule is CCCC(C)CS(=O)(=O)N1CCCN(CC(=O)OCC)CC1. The van der Waals surface area contributed by atoms with E-state index in [9.17, 15) is 13.2 Å². The number of nitrogens with zero attached hydrogens (tertiary/aromatic N) is 2. The van der Waals surface area contributed by atoms with Crippen molar-refractivity contribution in [1.82, 2.24) is 9.21 Å². The van der Waals surface area contributed by atoms with Crippen molar-refractivity contribution in [2.24, 2.45) is 5.92 Å². The van der Waals surface area contributed by atoms with Crippen LogP contribution in [-0.2, 0) is 19.6 Å². The van der Waals surface area contributed by atoms with Gasteiger partial charge in [-0.2, -0.15) is 0 Å². The third-order valence-corrected chi connectivity index (χ3v) is 6.02. The molecule has 0 saturated carbocycles. The standard InChI is InChI=1S/C15H30N2O4S/c1-4-7-14(3)13-22(19,20)17-9-6-8-16(10-11-17)12-15(18)21-5-2/h14H,4-13H2,1-3H3. The fourth-order valence-corrected chi connectivity index (χ4v) is 4.68. The van der Waals surface area contributed by atoms with Gasteiger partial charge in [0, 0.05) is 26.2 Å². The Labute approximate surface area is 134 Å². The number of carbonyl (C=O) groups excluding carboxylic acids is 1. The zero-order valence-electron chi connectivity index (χ0n) is 14.1. The lowest BCUT2D eigenvalue weighted by Gasteiger charge is -2.22. The highest BCUT2D eigenvalue weighted by molar-refractivity contribution is 7.89. The smallest absolute Gasteiger partial charge is 0.320 e. The Kier molecular flexibility index (Phi) is 8.35. The molecule has 7 heteroatoms. The third-order valence-electron chi connectivity index (χ3n) is 3.88. The van der Waals surface area contributed by atoms with Crippen molar-refractivity contribution in [2.45, 2.75) is 40.0 Å². The van der Waals surface area contributed by atoms with Gasteiger partial charge in [-0.05, 0) is 25.7 Å². The summed E-state index contributed by atoms with van der Waals surface area (Å²) < 4.78 is 31.5. The molecular weight excluding hydrogens is 304 g/mol. The predicted molar refractivity (Wildman–Crippen MR) is 87.1 cm³/mol. The van der Waals surface area contributed by atoms with Crippen molar-refractivity contribution >= 4 is 16.0 Å². The largest absolute Gasteiger partial charge is 0.465 e. The van der Waals surface area contributed by atoms with E-state index in [0.29, 0.717) is 26.2 Å². The molecule has 1 aliphatic rings. The Balaban J connectivity index is 2.52. The molecule has 1 aliphatic heterocycles. The number of rotatable bonds is 8. The lowest BCUT2D eigenvalue weighted by atomic mass is 10.1. The highest BCUT2D eigenvalue weighted by atomic mass is 32.2. The van der Waals surface area contributed by atoms with E-state index < -0.39 is 10.0 Å². The molecule has 1 atom stereocenters. The second-order valence-electron chi connectivity index (χ2n) is 6.01. The van der Waals surface area contributed by atoms with Gasteiger partial charge in [-0.3, -0.25) is 9.69 Å². The van der Waals surface area contributed by atoms with E-state index >= 15 is 0 Å². The number of ether oxygens (including phenoxy) is 1. The molecule has 1 saturated heterocycles. The normalized spacial score (nSPS) is 19.6. The number of carbonyl (C=O) groups is 1. The topological polar surface area (TPSA) is 66.9 Å². The molecule has 1 heterocycles. The van der Waals surface area contributed by atoms with Crippen LogP contribution in [0.5, 0.6) is 0 Å². The molecule has 0 aliphatic carbocycles. The van der Waals surface area contributed by atoms with Gasteiger partial charge < -0.3 is 4.74 Å². The summed E-state index contributed by atoms with van der Waals surface area (Å²) in [5.41, 5.74) is 0. The van der Waals surface area contributed by atoms with Crippen LogP contribution in [0, 0.1) is 5.92 Å². The molecule has 0 N–H and O–H groups in total. The molecule has 1 rings (SSSR count). The van der Waals surface area contributed by atoms with Crippen molar-refractivity contribution in [3.63, 3.8) is 0 Å². The first-order valence-electron chi connectivity index (χ1n) is 8.24. The number of sulfonamides is 1. The van der Waals surface area contributed by atoms with Gasteiger partial charge in [-0.15, -0.1) is 0 Å². The van der Waals surface area contributed by atoms with Gasteiger partial charge >= 0.3 is 5.97 Å². The minimum Gasteiger partial charge on any atom is -0.465 e. The van der Waals surface area contributed by atoms with Gasteiger partial charge in [0.25, 0.3) is 0 Å². The zero-order valence-corrected chi connectivity index (χ0v) is 14.9. The first kappa shape index (κ1) is 19.4. The number of hydrogen-bond acceptors (Lipinski definition) is 5. The van der Waals surface area contributed by atoms with Crippen LogP contribution in [0.1, 0.15) is 40.0 Å². The Morgan fingerprint density at radius 1 is 1.18 bits per heavy atom. The maximum absolute atomic E-state index is 12.5. The van der Waals surface area contributed by atoms with Crippen molar-refractivity contribution in [1.29, 1.82) is 0 Å². The van der Waals surface area contributed by atoms with E-state index in [2.05, 4.69) is 6.92 Å². The van der Waals surface area contributed by atoms with Gasteiger partial charge in [0.1, 0.15) is 0 Å². The van der Waals surface area contributed by atoms with Crippen LogP contribution in [0.25, 0.3) is 0 Å². The van der Waals surface area contributed by atoms with Crippen LogP contribution in [0.15, 0.2) is 0 Å². The third kappa shape index (κ3) is 6.62. The minimum atomic E-state index is -3.20. The Morgan fingerprint density at radius 3 is 2.55 bits per heavy atom. The molecule has 1 fully saturated rings. The Hall–Kier alpha value is -0.660. The van der Waals surface area contributed by atoms with Crippen LogP contribution in [0.4, 0.5) is 0 Å². The molecule has 130 valence electrons.